The van der Waals surface area contributed by atoms with Crippen molar-refractivity contribution in [1.82, 2.24) is 20.2 Å². The number of nitrogens with zero attached hydrogens (tertiary/aromatic N) is 3. The molecule has 0 bridgehead atoms. The third-order valence-electron chi connectivity index (χ3n) is 4.47. The number of anilines is 1. The predicted molar refractivity (Wildman–Crippen MR) is 90.6 cm³/mol. The Labute approximate surface area is 143 Å². The highest BCUT2D eigenvalue weighted by atomic mass is 79.9. The fraction of sp³-hybridized carbons (Fsp3) is 0.562. The van der Waals surface area contributed by atoms with Crippen LogP contribution in [0.25, 0.3) is 0 Å². The van der Waals surface area contributed by atoms with E-state index < -0.39 is 0 Å². The second-order valence-corrected chi connectivity index (χ2v) is 7.08. The highest BCUT2D eigenvalue weighted by Gasteiger charge is 2.33. The number of rotatable bonds is 5. The summed E-state index contributed by atoms with van der Waals surface area (Å²) < 4.78 is 6.76. The molecule has 0 unspecified atom stereocenters. The van der Waals surface area contributed by atoms with Gasteiger partial charge in [-0.25, -0.2) is 9.97 Å². The van der Waals surface area contributed by atoms with Crippen molar-refractivity contribution >= 4 is 21.7 Å². The van der Waals surface area contributed by atoms with Gasteiger partial charge in [0.2, 0.25) is 0 Å². The summed E-state index contributed by atoms with van der Waals surface area (Å²) in [5.41, 5.74) is 1.16. The van der Waals surface area contributed by atoms with Crippen molar-refractivity contribution in [2.45, 2.75) is 44.1 Å². The zero-order chi connectivity index (χ0) is 15.8. The summed E-state index contributed by atoms with van der Waals surface area (Å²) in [7, 11) is 0. The van der Waals surface area contributed by atoms with Crippen molar-refractivity contribution in [3.05, 3.63) is 33.9 Å². The van der Waals surface area contributed by atoms with Crippen LogP contribution in [0.2, 0.25) is 0 Å². The number of nitrogens with one attached hydrogen (secondary N) is 2. The molecular weight excluding hydrogens is 358 g/mol. The minimum atomic E-state index is 0.149. The molecule has 7 heteroatoms. The van der Waals surface area contributed by atoms with Gasteiger partial charge in [-0.05, 0) is 40.9 Å². The number of hydrogen-bond donors (Lipinski definition) is 2. The van der Waals surface area contributed by atoms with Gasteiger partial charge >= 0.3 is 0 Å². The van der Waals surface area contributed by atoms with Crippen LogP contribution in [0.3, 0.4) is 0 Å². The van der Waals surface area contributed by atoms with Crippen LogP contribution < -0.4 is 5.32 Å². The molecule has 2 aromatic heterocycles. The Kier molecular flexibility index (Phi) is 4.07. The Bertz CT molecular complexity index is 700. The summed E-state index contributed by atoms with van der Waals surface area (Å²) in [5.74, 6) is 3.42. The normalized spacial score (nSPS) is 24.1. The molecule has 3 heterocycles. The van der Waals surface area contributed by atoms with Crippen molar-refractivity contribution in [3.63, 3.8) is 0 Å². The van der Waals surface area contributed by atoms with Gasteiger partial charge in [-0.1, -0.05) is 6.92 Å². The first-order chi connectivity index (χ1) is 11.2. The molecule has 0 radical (unpaired) electrons. The van der Waals surface area contributed by atoms with Gasteiger partial charge in [-0.3, -0.25) is 5.10 Å². The van der Waals surface area contributed by atoms with E-state index in [1.165, 1.54) is 12.8 Å². The largest absolute Gasteiger partial charge is 0.378 e. The number of aromatic amines is 1. The average Bonchev–Trinajstić information content (AvgIpc) is 3.11. The lowest BCUT2D eigenvalue weighted by atomic mass is 10.0. The molecule has 2 fully saturated rings. The zero-order valence-corrected chi connectivity index (χ0v) is 14.6. The lowest BCUT2D eigenvalue weighted by Gasteiger charge is -2.18. The summed E-state index contributed by atoms with van der Waals surface area (Å²) >= 11 is 3.60. The van der Waals surface area contributed by atoms with Crippen LogP contribution in [-0.2, 0) is 11.2 Å². The van der Waals surface area contributed by atoms with Gasteiger partial charge in [0.25, 0.3) is 0 Å². The van der Waals surface area contributed by atoms with Crippen molar-refractivity contribution in [2.75, 3.05) is 18.5 Å². The Morgan fingerprint density at radius 3 is 2.91 bits per heavy atom. The highest BCUT2D eigenvalue weighted by Crippen LogP contribution is 2.42. The van der Waals surface area contributed by atoms with Gasteiger partial charge in [0, 0.05) is 16.8 Å². The minimum absolute atomic E-state index is 0.149. The first-order valence-corrected chi connectivity index (χ1v) is 8.95. The molecule has 1 saturated carbocycles. The summed E-state index contributed by atoms with van der Waals surface area (Å²) in [5, 5.41) is 10.9. The van der Waals surface area contributed by atoms with Crippen molar-refractivity contribution in [3.8, 4) is 0 Å². The molecule has 4 rings (SSSR count). The van der Waals surface area contributed by atoms with E-state index in [1.807, 2.05) is 6.07 Å². The maximum Gasteiger partial charge on any atom is 0.158 e. The lowest BCUT2D eigenvalue weighted by molar-refractivity contribution is 0.191. The Morgan fingerprint density at radius 2 is 2.17 bits per heavy atom. The summed E-state index contributed by atoms with van der Waals surface area (Å²) in [6.45, 7) is 3.36. The van der Waals surface area contributed by atoms with Crippen LogP contribution in [0.1, 0.15) is 48.9 Å². The number of aromatic nitrogens is 4. The smallest absolute Gasteiger partial charge is 0.158 e. The number of H-pyrrole nitrogens is 1. The second-order valence-electron chi connectivity index (χ2n) is 6.23. The maximum absolute atomic E-state index is 5.66. The van der Waals surface area contributed by atoms with Crippen LogP contribution in [0, 0.1) is 0 Å². The molecular formula is C16H20BrN5O. The van der Waals surface area contributed by atoms with Gasteiger partial charge in [-0.2, -0.15) is 5.10 Å². The molecule has 2 atom stereocenters. The molecule has 122 valence electrons. The summed E-state index contributed by atoms with van der Waals surface area (Å²) in [6, 6.07) is 4.24. The van der Waals surface area contributed by atoms with E-state index in [1.54, 1.807) is 0 Å². The van der Waals surface area contributed by atoms with Crippen LogP contribution >= 0.6 is 15.9 Å². The first kappa shape index (κ1) is 15.1. The van der Waals surface area contributed by atoms with Crippen molar-refractivity contribution < 1.29 is 4.74 Å². The molecule has 0 aromatic carbocycles. The molecule has 2 aliphatic rings. The van der Waals surface area contributed by atoms with E-state index in [0.717, 1.165) is 34.1 Å². The lowest BCUT2D eigenvalue weighted by Crippen LogP contribution is -2.27. The molecule has 23 heavy (non-hydrogen) atoms. The molecule has 1 aliphatic heterocycles. The number of halogens is 1. The monoisotopic (exact) mass is 377 g/mol. The van der Waals surface area contributed by atoms with Crippen molar-refractivity contribution in [2.24, 2.45) is 0 Å². The van der Waals surface area contributed by atoms with Gasteiger partial charge in [0.15, 0.2) is 5.82 Å². The Balaban J connectivity index is 1.52. The van der Waals surface area contributed by atoms with Crippen LogP contribution in [0.15, 0.2) is 16.6 Å². The Hall–Kier alpha value is -1.47. The molecule has 1 aliphatic carbocycles. The predicted octanol–water partition coefficient (Wildman–Crippen LogP) is 3.00. The third-order valence-corrected chi connectivity index (χ3v) is 5.14. The van der Waals surface area contributed by atoms with Crippen LogP contribution in [0.4, 0.5) is 5.82 Å². The summed E-state index contributed by atoms with van der Waals surface area (Å²) in [4.78, 5) is 9.34. The van der Waals surface area contributed by atoms with E-state index in [0.29, 0.717) is 19.1 Å². The van der Waals surface area contributed by atoms with E-state index in [-0.39, 0.29) is 12.0 Å². The fourth-order valence-electron chi connectivity index (χ4n) is 2.96. The second kappa shape index (κ2) is 6.20. The average molecular weight is 378 g/mol. The molecule has 0 spiro atoms. The van der Waals surface area contributed by atoms with Gasteiger partial charge in [0.05, 0.1) is 30.9 Å². The van der Waals surface area contributed by atoms with E-state index >= 15 is 0 Å². The fourth-order valence-corrected chi connectivity index (χ4v) is 3.50. The maximum atomic E-state index is 5.66. The SMILES string of the molecule is CCc1nc([C@@H]2COC[C@@H]2Nc2ccc(Br)c(C3CC3)n2)n[nH]1. The molecule has 6 nitrogen and oxygen atoms in total. The summed E-state index contributed by atoms with van der Waals surface area (Å²) in [6.07, 6.45) is 3.33. The third kappa shape index (κ3) is 3.12. The zero-order valence-electron chi connectivity index (χ0n) is 13.1. The van der Waals surface area contributed by atoms with E-state index in [4.69, 9.17) is 9.72 Å². The van der Waals surface area contributed by atoms with Crippen LogP contribution in [-0.4, -0.2) is 39.4 Å². The quantitative estimate of drug-likeness (QED) is 0.837. The number of hydrogen-bond acceptors (Lipinski definition) is 5. The van der Waals surface area contributed by atoms with E-state index in [2.05, 4.69) is 49.4 Å². The van der Waals surface area contributed by atoms with Crippen LogP contribution in [0.5, 0.6) is 0 Å². The van der Waals surface area contributed by atoms with Gasteiger partial charge < -0.3 is 10.1 Å². The molecule has 1 saturated heterocycles. The Morgan fingerprint density at radius 1 is 1.30 bits per heavy atom. The minimum Gasteiger partial charge on any atom is -0.378 e. The molecule has 0 amide bonds. The number of pyridine rings is 1. The first-order valence-electron chi connectivity index (χ1n) is 8.16. The van der Waals surface area contributed by atoms with Crippen molar-refractivity contribution in [1.29, 1.82) is 0 Å². The molecule has 2 N–H and O–H groups in total. The number of aryl methyl sites for hydroxylation is 1. The van der Waals surface area contributed by atoms with E-state index in [9.17, 15) is 0 Å². The van der Waals surface area contributed by atoms with Gasteiger partial charge in [0.1, 0.15) is 11.6 Å². The topological polar surface area (TPSA) is 75.7 Å². The highest BCUT2D eigenvalue weighted by molar-refractivity contribution is 9.10. The van der Waals surface area contributed by atoms with Gasteiger partial charge in [-0.15, -0.1) is 0 Å². The number of ether oxygens (including phenoxy) is 1. The molecule has 2 aromatic rings. The standard InChI is InChI=1S/C16H20BrN5O/c1-2-13-20-16(22-21-13)10-7-23-8-12(10)18-14-6-5-11(17)15(19-14)9-3-4-9/h5-6,9-10,12H,2-4,7-8H2,1H3,(H,18,19)(H,20,21,22)/t10-,12+/m1/s1.